The summed E-state index contributed by atoms with van der Waals surface area (Å²) in [5, 5.41) is 23.2. The second-order valence-electron chi connectivity index (χ2n) is 7.93. The highest BCUT2D eigenvalue weighted by Gasteiger charge is 2.53. The standard InChI is InChI=1S/C22H19N7O6S2/c1-34-27-15(13-10-37-22(23)25-13)18(30)26-16-19(31)29-17(21(32)33)12(9-36-20(16)29)8-28-6-3-11(4-7-28)14-2-5-24-35-14/h2-7,10,16,20H,8-9H2,1H3,(H3-,23,25,26,30,32,33)/b27-15-/t16-,20+/m1/s1. The number of hydrogen-bond acceptors (Lipinski definition) is 12. The summed E-state index contributed by atoms with van der Waals surface area (Å²) in [5.74, 6) is -1.80. The number of nitrogen functional groups attached to an aromatic ring is 1. The minimum atomic E-state index is -1.46. The van der Waals surface area contributed by atoms with Crippen molar-refractivity contribution >= 4 is 51.7 Å². The molecule has 190 valence electrons. The number of thioether (sulfide) groups is 1. The number of thiazole rings is 1. The zero-order valence-corrected chi connectivity index (χ0v) is 20.8. The summed E-state index contributed by atoms with van der Waals surface area (Å²) in [6, 6.07) is 4.40. The Hall–Kier alpha value is -4.24. The number of nitrogens with zero attached hydrogens (tertiary/aromatic N) is 5. The fourth-order valence-electron chi connectivity index (χ4n) is 4.01. The van der Waals surface area contributed by atoms with E-state index >= 15 is 0 Å². The number of oxime groups is 1. The lowest BCUT2D eigenvalue weighted by molar-refractivity contribution is -0.689. The smallest absolute Gasteiger partial charge is 0.276 e. The lowest BCUT2D eigenvalue weighted by atomic mass is 10.0. The van der Waals surface area contributed by atoms with Crippen molar-refractivity contribution in [2.24, 2.45) is 5.16 Å². The number of carboxylic acids is 1. The fourth-order valence-corrected chi connectivity index (χ4v) is 5.89. The minimum Gasteiger partial charge on any atom is -0.543 e. The summed E-state index contributed by atoms with van der Waals surface area (Å²) in [6.45, 7) is 0.233. The number of carbonyl (C=O) groups is 3. The van der Waals surface area contributed by atoms with Gasteiger partial charge >= 0.3 is 0 Å². The van der Waals surface area contributed by atoms with Crippen molar-refractivity contribution < 1.29 is 33.4 Å². The Morgan fingerprint density at radius 1 is 1.38 bits per heavy atom. The highest BCUT2D eigenvalue weighted by atomic mass is 32.2. The van der Waals surface area contributed by atoms with E-state index in [1.807, 2.05) is 12.1 Å². The molecule has 0 aromatic carbocycles. The molecule has 1 saturated heterocycles. The van der Waals surface area contributed by atoms with E-state index in [0.29, 0.717) is 17.1 Å². The number of rotatable bonds is 8. The molecule has 5 rings (SSSR count). The molecule has 0 aliphatic carbocycles. The van der Waals surface area contributed by atoms with Gasteiger partial charge in [0.05, 0.1) is 17.9 Å². The van der Waals surface area contributed by atoms with Crippen molar-refractivity contribution in [3.05, 3.63) is 59.1 Å². The van der Waals surface area contributed by atoms with Crippen LogP contribution in [0.4, 0.5) is 5.13 Å². The minimum absolute atomic E-state index is 0.149. The van der Waals surface area contributed by atoms with E-state index < -0.39 is 29.2 Å². The number of aromatic nitrogens is 3. The van der Waals surface area contributed by atoms with Gasteiger partial charge in [0.15, 0.2) is 35.5 Å². The van der Waals surface area contributed by atoms with Crippen LogP contribution in [0, 0.1) is 0 Å². The number of amides is 2. The van der Waals surface area contributed by atoms with Crippen LogP contribution >= 0.6 is 23.1 Å². The fraction of sp³-hybridized carbons (Fsp3) is 0.227. The van der Waals surface area contributed by atoms with E-state index in [1.54, 1.807) is 29.2 Å². The Balaban J connectivity index is 1.32. The van der Waals surface area contributed by atoms with Gasteiger partial charge in [-0.05, 0) is 0 Å². The zero-order chi connectivity index (χ0) is 26.1. The van der Waals surface area contributed by atoms with Crippen LogP contribution in [0.25, 0.3) is 11.3 Å². The average molecular weight is 542 g/mol. The molecule has 3 aromatic rings. The first kappa shape index (κ1) is 24.5. The number of hydrogen-bond donors (Lipinski definition) is 2. The van der Waals surface area contributed by atoms with Crippen molar-refractivity contribution in [1.29, 1.82) is 0 Å². The first-order valence-electron chi connectivity index (χ1n) is 10.8. The normalized spacial score (nSPS) is 19.3. The van der Waals surface area contributed by atoms with E-state index in [4.69, 9.17) is 15.1 Å². The van der Waals surface area contributed by atoms with Gasteiger partial charge in [-0.15, -0.1) is 23.1 Å². The number of β-lactam (4-membered cyclic amide) rings is 1. The van der Waals surface area contributed by atoms with Crippen LogP contribution in [-0.2, 0) is 25.8 Å². The predicted octanol–water partition coefficient (Wildman–Crippen LogP) is -0.878. The first-order chi connectivity index (χ1) is 17.9. The van der Waals surface area contributed by atoms with Gasteiger partial charge < -0.3 is 30.3 Å². The molecule has 13 nitrogen and oxygen atoms in total. The Labute approximate surface area is 217 Å². The van der Waals surface area contributed by atoms with Crippen LogP contribution < -0.4 is 20.7 Å². The van der Waals surface area contributed by atoms with Crippen LogP contribution in [0.3, 0.4) is 0 Å². The SMILES string of the molecule is CO/N=C(\C(=O)N[C@@H]1C(=O)N2C(C(=O)[O-])=C(C[n+]3ccc(-c4ccno4)cc3)CS[C@@H]12)c1csc(N)n1. The second kappa shape index (κ2) is 10.0. The molecule has 3 aromatic heterocycles. The molecule has 2 aliphatic heterocycles. The van der Waals surface area contributed by atoms with E-state index in [9.17, 15) is 19.5 Å². The molecule has 0 unspecified atom stereocenters. The van der Waals surface area contributed by atoms with Crippen LogP contribution in [0.15, 0.2) is 63.1 Å². The Morgan fingerprint density at radius 3 is 2.78 bits per heavy atom. The van der Waals surface area contributed by atoms with Crippen molar-refractivity contribution in [2.45, 2.75) is 18.0 Å². The van der Waals surface area contributed by atoms with Crippen molar-refractivity contribution in [3.8, 4) is 11.3 Å². The molecule has 5 heterocycles. The Morgan fingerprint density at radius 2 is 2.16 bits per heavy atom. The van der Waals surface area contributed by atoms with Crippen LogP contribution in [0.1, 0.15) is 5.69 Å². The summed E-state index contributed by atoms with van der Waals surface area (Å²) in [5.41, 5.74) is 6.83. The molecular formula is C22H19N7O6S2. The molecule has 0 bridgehead atoms. The molecule has 3 N–H and O–H groups in total. The third-order valence-corrected chi connectivity index (χ3v) is 7.69. The monoisotopic (exact) mass is 541 g/mol. The molecule has 1 fully saturated rings. The van der Waals surface area contributed by atoms with Gasteiger partial charge in [-0.2, -0.15) is 0 Å². The quantitative estimate of drug-likeness (QED) is 0.157. The maximum Gasteiger partial charge on any atom is 0.276 e. The van der Waals surface area contributed by atoms with Gasteiger partial charge in [-0.1, -0.05) is 10.3 Å². The number of carbonyl (C=O) groups excluding carboxylic acids is 3. The third-order valence-electron chi connectivity index (χ3n) is 5.68. The number of carboxylic acid groups (broad SMARTS) is 1. The van der Waals surface area contributed by atoms with Gasteiger partial charge in [0.1, 0.15) is 24.2 Å². The van der Waals surface area contributed by atoms with Crippen LogP contribution in [-0.4, -0.2) is 62.8 Å². The predicted molar refractivity (Wildman–Crippen MR) is 129 cm³/mol. The summed E-state index contributed by atoms with van der Waals surface area (Å²) >= 11 is 2.46. The molecule has 0 saturated carbocycles. The molecule has 0 spiro atoms. The number of pyridine rings is 1. The van der Waals surface area contributed by atoms with E-state index in [0.717, 1.165) is 21.8 Å². The second-order valence-corrected chi connectivity index (χ2v) is 9.92. The lowest BCUT2D eigenvalue weighted by Gasteiger charge is -2.50. The number of fused-ring (bicyclic) bond motifs is 1. The highest BCUT2D eigenvalue weighted by Crippen LogP contribution is 2.40. The largest absolute Gasteiger partial charge is 0.543 e. The van der Waals surface area contributed by atoms with E-state index in [-0.39, 0.29) is 28.8 Å². The lowest BCUT2D eigenvalue weighted by Crippen LogP contribution is -2.71. The number of aliphatic carboxylic acids is 1. The summed E-state index contributed by atoms with van der Waals surface area (Å²) in [4.78, 5) is 47.9. The molecule has 2 amide bonds. The van der Waals surface area contributed by atoms with Crippen molar-refractivity contribution in [1.82, 2.24) is 20.4 Å². The molecule has 0 radical (unpaired) electrons. The third kappa shape index (κ3) is 4.65. The average Bonchev–Trinajstić information content (AvgIpc) is 3.58. The molecule has 2 aliphatic rings. The summed E-state index contributed by atoms with van der Waals surface area (Å²) < 4.78 is 6.93. The number of nitrogens with one attached hydrogen (secondary N) is 1. The molecular weight excluding hydrogens is 522 g/mol. The van der Waals surface area contributed by atoms with Gasteiger partial charge in [-0.3, -0.25) is 14.5 Å². The van der Waals surface area contributed by atoms with Gasteiger partial charge in [-0.25, -0.2) is 9.55 Å². The first-order valence-corrected chi connectivity index (χ1v) is 12.7. The van der Waals surface area contributed by atoms with E-state index in [1.165, 1.54) is 24.3 Å². The Bertz CT molecular complexity index is 1420. The van der Waals surface area contributed by atoms with Gasteiger partial charge in [0.25, 0.3) is 11.8 Å². The highest BCUT2D eigenvalue weighted by molar-refractivity contribution is 8.00. The maximum absolute atomic E-state index is 13.0. The molecule has 15 heteroatoms. The van der Waals surface area contributed by atoms with Crippen LogP contribution in [0.5, 0.6) is 0 Å². The number of nitrogens with two attached hydrogens (primary N) is 1. The van der Waals surface area contributed by atoms with Crippen molar-refractivity contribution in [3.63, 3.8) is 0 Å². The van der Waals surface area contributed by atoms with Gasteiger partial charge in [0, 0.05) is 40.5 Å². The molecule has 2 atom stereocenters. The summed E-state index contributed by atoms with van der Waals surface area (Å²) in [6.07, 6.45) is 5.09. The Kier molecular flexibility index (Phi) is 6.62. The van der Waals surface area contributed by atoms with Crippen molar-refractivity contribution in [2.75, 3.05) is 18.6 Å². The molecule has 37 heavy (non-hydrogen) atoms. The van der Waals surface area contributed by atoms with Crippen LogP contribution in [0.2, 0.25) is 0 Å². The van der Waals surface area contributed by atoms with E-state index in [2.05, 4.69) is 20.6 Å². The maximum atomic E-state index is 13.0. The summed E-state index contributed by atoms with van der Waals surface area (Å²) in [7, 11) is 1.27. The topological polar surface area (TPSA) is 180 Å². The van der Waals surface area contributed by atoms with Gasteiger partial charge in [0.2, 0.25) is 0 Å². The zero-order valence-electron chi connectivity index (χ0n) is 19.2. The number of anilines is 1.